The second kappa shape index (κ2) is 7.68. The number of rotatable bonds is 4. The lowest BCUT2D eigenvalue weighted by Crippen LogP contribution is -2.28. The Balaban J connectivity index is 1.92. The molecule has 3 aromatic rings. The van der Waals surface area contributed by atoms with E-state index in [0.717, 1.165) is 0 Å². The summed E-state index contributed by atoms with van der Waals surface area (Å²) in [6.45, 7) is 2.14. The zero-order chi connectivity index (χ0) is 18.7. The summed E-state index contributed by atoms with van der Waals surface area (Å²) in [6, 6.07) is 11.8. The number of benzene rings is 2. The molecule has 1 N–H and O–H groups in total. The van der Waals surface area contributed by atoms with Gasteiger partial charge < -0.3 is 0 Å². The van der Waals surface area contributed by atoms with Gasteiger partial charge in [-0.05, 0) is 25.1 Å². The second-order valence-corrected chi connectivity index (χ2v) is 6.22. The Morgan fingerprint density at radius 3 is 2.65 bits per heavy atom. The highest BCUT2D eigenvalue weighted by atomic mass is 35.5. The van der Waals surface area contributed by atoms with E-state index >= 15 is 0 Å². The van der Waals surface area contributed by atoms with Crippen molar-refractivity contribution in [2.45, 2.75) is 13.5 Å². The summed E-state index contributed by atoms with van der Waals surface area (Å²) in [7, 11) is 0. The fraction of sp³-hybridized carbons (Fsp3) is 0.111. The van der Waals surface area contributed by atoms with Crippen molar-refractivity contribution < 1.29 is 4.79 Å². The summed E-state index contributed by atoms with van der Waals surface area (Å²) in [5.41, 5.74) is 2.90. The maximum atomic E-state index is 12.5. The molecule has 6 nitrogen and oxygen atoms in total. The number of hydrogen-bond acceptors (Lipinski definition) is 4. The number of carbonyl (C=O) groups is 1. The Bertz CT molecular complexity index is 1080. The molecule has 0 aliphatic heterocycles. The lowest BCUT2D eigenvalue weighted by atomic mass is 10.1. The predicted octanol–water partition coefficient (Wildman–Crippen LogP) is 3.49. The molecule has 8 heteroatoms. The number of hydrogen-bond donors (Lipinski definition) is 1. The minimum Gasteiger partial charge on any atom is -0.267 e. The number of aryl methyl sites for hydroxylation is 1. The van der Waals surface area contributed by atoms with Crippen LogP contribution < -0.4 is 11.0 Å². The Kier molecular flexibility index (Phi) is 5.35. The Labute approximate surface area is 159 Å². The van der Waals surface area contributed by atoms with Crippen LogP contribution in [0.3, 0.4) is 0 Å². The Morgan fingerprint density at radius 2 is 1.96 bits per heavy atom. The molecule has 2 aromatic carbocycles. The van der Waals surface area contributed by atoms with Crippen molar-refractivity contribution in [3.05, 3.63) is 74.1 Å². The van der Waals surface area contributed by atoms with Crippen LogP contribution in [0.15, 0.2) is 52.4 Å². The quantitative estimate of drug-likeness (QED) is 0.548. The van der Waals surface area contributed by atoms with Crippen molar-refractivity contribution in [3.8, 4) is 0 Å². The van der Waals surface area contributed by atoms with E-state index < -0.39 is 5.91 Å². The lowest BCUT2D eigenvalue weighted by Gasteiger charge is -2.08. The van der Waals surface area contributed by atoms with Gasteiger partial charge in [-0.2, -0.15) is 10.2 Å². The Hall–Kier alpha value is -2.70. The third-order valence-corrected chi connectivity index (χ3v) is 4.28. The molecule has 132 valence electrons. The molecule has 0 aliphatic carbocycles. The molecular formula is C18H14Cl2N4O2. The van der Waals surface area contributed by atoms with Gasteiger partial charge in [0.15, 0.2) is 5.69 Å². The van der Waals surface area contributed by atoms with Gasteiger partial charge >= 0.3 is 0 Å². The van der Waals surface area contributed by atoms with Crippen LogP contribution in [0.2, 0.25) is 10.0 Å². The number of nitrogens with one attached hydrogen (secondary N) is 1. The highest BCUT2D eigenvalue weighted by Crippen LogP contribution is 2.19. The number of halogens is 2. The molecule has 0 fully saturated rings. The molecule has 1 amide bonds. The van der Waals surface area contributed by atoms with Crippen LogP contribution >= 0.6 is 23.2 Å². The average molecular weight is 389 g/mol. The average Bonchev–Trinajstić information content (AvgIpc) is 2.64. The number of aromatic nitrogens is 2. The van der Waals surface area contributed by atoms with Crippen molar-refractivity contribution in [1.29, 1.82) is 0 Å². The van der Waals surface area contributed by atoms with Gasteiger partial charge in [-0.1, -0.05) is 47.5 Å². The lowest BCUT2D eigenvalue weighted by molar-refractivity contribution is 0.0949. The SMILES string of the molecule is CCn1nc(C(=O)N/N=C/c2ccc(Cl)cc2Cl)c2ccccc2c1=O. The number of hydrazone groups is 1. The van der Waals surface area contributed by atoms with Gasteiger partial charge in [-0.15, -0.1) is 0 Å². The van der Waals surface area contributed by atoms with Gasteiger partial charge in [0.2, 0.25) is 0 Å². The minimum atomic E-state index is -0.523. The minimum absolute atomic E-state index is 0.126. The topological polar surface area (TPSA) is 76.3 Å². The highest BCUT2D eigenvalue weighted by Gasteiger charge is 2.15. The highest BCUT2D eigenvalue weighted by molar-refractivity contribution is 6.36. The molecule has 0 atom stereocenters. The maximum Gasteiger partial charge on any atom is 0.292 e. The van der Waals surface area contributed by atoms with Gasteiger partial charge in [0.25, 0.3) is 11.5 Å². The fourth-order valence-corrected chi connectivity index (χ4v) is 2.89. The summed E-state index contributed by atoms with van der Waals surface area (Å²) in [6.07, 6.45) is 1.41. The molecule has 0 saturated carbocycles. The van der Waals surface area contributed by atoms with E-state index in [1.165, 1.54) is 10.9 Å². The molecule has 1 aromatic heterocycles. The first-order chi connectivity index (χ1) is 12.5. The largest absolute Gasteiger partial charge is 0.292 e. The zero-order valence-electron chi connectivity index (χ0n) is 13.7. The van der Waals surface area contributed by atoms with Crippen molar-refractivity contribution >= 4 is 46.1 Å². The standard InChI is InChI=1S/C18H14Cl2N4O2/c1-2-24-18(26)14-6-4-3-5-13(14)16(23-24)17(25)22-21-10-11-7-8-12(19)9-15(11)20/h3-10H,2H2,1H3,(H,22,25)/b21-10+. The van der Waals surface area contributed by atoms with Gasteiger partial charge in [0.1, 0.15) is 0 Å². The van der Waals surface area contributed by atoms with E-state index in [4.69, 9.17) is 23.2 Å². The first-order valence-electron chi connectivity index (χ1n) is 7.79. The van der Waals surface area contributed by atoms with E-state index in [2.05, 4.69) is 15.6 Å². The zero-order valence-corrected chi connectivity index (χ0v) is 15.3. The molecule has 0 radical (unpaired) electrons. The third-order valence-electron chi connectivity index (χ3n) is 3.71. The number of amides is 1. The van der Waals surface area contributed by atoms with Crippen LogP contribution in [0.5, 0.6) is 0 Å². The second-order valence-electron chi connectivity index (χ2n) is 5.38. The number of carbonyl (C=O) groups excluding carboxylic acids is 1. The maximum absolute atomic E-state index is 12.5. The summed E-state index contributed by atoms with van der Waals surface area (Å²) in [5, 5.41) is 9.89. The fourth-order valence-electron chi connectivity index (χ4n) is 2.44. The molecule has 1 heterocycles. The third kappa shape index (κ3) is 3.61. The van der Waals surface area contributed by atoms with Crippen molar-refractivity contribution in [2.75, 3.05) is 0 Å². The molecule has 0 unspecified atom stereocenters. The van der Waals surface area contributed by atoms with E-state index in [-0.39, 0.29) is 11.3 Å². The van der Waals surface area contributed by atoms with Crippen LogP contribution in [-0.2, 0) is 6.54 Å². The first kappa shape index (κ1) is 18.1. The van der Waals surface area contributed by atoms with Crippen LogP contribution in [0.1, 0.15) is 23.0 Å². The molecule has 0 saturated heterocycles. The summed E-state index contributed by atoms with van der Waals surface area (Å²) >= 11 is 11.9. The first-order valence-corrected chi connectivity index (χ1v) is 8.55. The molecule has 26 heavy (non-hydrogen) atoms. The number of nitrogens with zero attached hydrogens (tertiary/aromatic N) is 3. The van der Waals surface area contributed by atoms with E-state index in [1.54, 1.807) is 49.4 Å². The summed E-state index contributed by atoms with van der Waals surface area (Å²) in [4.78, 5) is 24.8. The van der Waals surface area contributed by atoms with Gasteiger partial charge in [0.05, 0.1) is 16.6 Å². The van der Waals surface area contributed by atoms with Crippen LogP contribution in [0.25, 0.3) is 10.8 Å². The molecule has 3 rings (SSSR count). The van der Waals surface area contributed by atoms with Gasteiger partial charge in [-0.3, -0.25) is 9.59 Å². The molecule has 0 aliphatic rings. The van der Waals surface area contributed by atoms with Gasteiger partial charge in [-0.25, -0.2) is 10.1 Å². The number of fused-ring (bicyclic) bond motifs is 1. The van der Waals surface area contributed by atoms with E-state index in [9.17, 15) is 9.59 Å². The van der Waals surface area contributed by atoms with E-state index in [0.29, 0.717) is 32.9 Å². The molecular weight excluding hydrogens is 375 g/mol. The van der Waals surface area contributed by atoms with E-state index in [1.807, 2.05) is 0 Å². The predicted molar refractivity (Wildman–Crippen MR) is 103 cm³/mol. The van der Waals surface area contributed by atoms with Gasteiger partial charge in [0, 0.05) is 22.5 Å². The van der Waals surface area contributed by atoms with Crippen LogP contribution in [0, 0.1) is 0 Å². The summed E-state index contributed by atoms with van der Waals surface area (Å²) < 4.78 is 1.25. The monoisotopic (exact) mass is 388 g/mol. The smallest absolute Gasteiger partial charge is 0.267 e. The Morgan fingerprint density at radius 1 is 1.23 bits per heavy atom. The summed E-state index contributed by atoms with van der Waals surface area (Å²) in [5.74, 6) is -0.523. The van der Waals surface area contributed by atoms with Crippen LogP contribution in [0.4, 0.5) is 0 Å². The molecule has 0 bridgehead atoms. The normalized spacial score (nSPS) is 11.2. The van der Waals surface area contributed by atoms with Crippen molar-refractivity contribution in [1.82, 2.24) is 15.2 Å². The van der Waals surface area contributed by atoms with Crippen molar-refractivity contribution in [2.24, 2.45) is 5.10 Å². The van der Waals surface area contributed by atoms with Crippen molar-refractivity contribution in [3.63, 3.8) is 0 Å². The molecule has 0 spiro atoms. The van der Waals surface area contributed by atoms with Crippen LogP contribution in [-0.4, -0.2) is 21.9 Å².